The number of hydrogen-bond donors (Lipinski definition) is 3. The summed E-state index contributed by atoms with van der Waals surface area (Å²) in [7, 11) is -3.72. The van der Waals surface area contributed by atoms with Crippen LogP contribution in [-0.2, 0) is 33.6 Å². The molecule has 1 heterocycles. The molecule has 0 saturated carbocycles. The predicted octanol–water partition coefficient (Wildman–Crippen LogP) is -2.17. The van der Waals surface area contributed by atoms with E-state index in [4.69, 9.17) is 14.0 Å². The van der Waals surface area contributed by atoms with Crippen LogP contribution in [0.15, 0.2) is 0 Å². The molecule has 1 aliphatic heterocycles. The molecule has 0 bridgehead atoms. The second kappa shape index (κ2) is 6.76. The van der Waals surface area contributed by atoms with Crippen LogP contribution < -0.4 is 0 Å². The van der Waals surface area contributed by atoms with Gasteiger partial charge in [0.15, 0.2) is 6.29 Å². The SMILES string of the molecule is CO[C@H]1O[C@H](COC(C)=O)[C@@H](OS(=O)(=O)O)[C@H](O)[C@H]1O. The van der Waals surface area contributed by atoms with Crippen LogP contribution in [0.4, 0.5) is 0 Å². The molecule has 0 aromatic rings. The summed E-state index contributed by atoms with van der Waals surface area (Å²) in [5.41, 5.74) is 0. The van der Waals surface area contributed by atoms with Gasteiger partial charge in [0.1, 0.15) is 31.0 Å². The fourth-order valence-corrected chi connectivity index (χ4v) is 2.21. The summed E-state index contributed by atoms with van der Waals surface area (Å²) in [5.74, 6) is -0.672. The van der Waals surface area contributed by atoms with Crippen molar-refractivity contribution in [2.24, 2.45) is 0 Å². The molecule has 0 unspecified atom stereocenters. The Balaban J connectivity index is 2.89. The molecule has 3 N–H and O–H groups in total. The maximum absolute atomic E-state index is 10.7. The Morgan fingerprint density at radius 3 is 2.35 bits per heavy atom. The van der Waals surface area contributed by atoms with E-state index in [-0.39, 0.29) is 0 Å². The van der Waals surface area contributed by atoms with Crippen molar-refractivity contribution in [3.05, 3.63) is 0 Å². The molecular weight excluding hydrogens is 300 g/mol. The first kappa shape index (κ1) is 17.2. The minimum atomic E-state index is -4.91. The van der Waals surface area contributed by atoms with Crippen molar-refractivity contribution in [2.45, 2.75) is 37.6 Å². The lowest BCUT2D eigenvalue weighted by Gasteiger charge is -2.40. The van der Waals surface area contributed by atoms with Gasteiger partial charge in [-0.2, -0.15) is 8.42 Å². The summed E-state index contributed by atoms with van der Waals surface area (Å²) in [4.78, 5) is 10.7. The molecular formula is C9H16O10S. The lowest BCUT2D eigenvalue weighted by molar-refractivity contribution is -0.291. The van der Waals surface area contributed by atoms with Crippen LogP contribution in [0, 0.1) is 0 Å². The number of carbonyl (C=O) groups excluding carboxylic acids is 1. The molecule has 1 aliphatic rings. The molecule has 0 aromatic heterocycles. The Hall–Kier alpha value is -0.820. The van der Waals surface area contributed by atoms with E-state index < -0.39 is 53.7 Å². The predicted molar refractivity (Wildman–Crippen MR) is 60.7 cm³/mol. The van der Waals surface area contributed by atoms with Crippen molar-refractivity contribution >= 4 is 16.4 Å². The summed E-state index contributed by atoms with van der Waals surface area (Å²) >= 11 is 0. The molecule has 0 amide bonds. The van der Waals surface area contributed by atoms with Crippen LogP contribution in [0.3, 0.4) is 0 Å². The molecule has 20 heavy (non-hydrogen) atoms. The zero-order chi connectivity index (χ0) is 15.5. The highest BCUT2D eigenvalue weighted by Crippen LogP contribution is 2.25. The number of esters is 1. The molecule has 5 atom stereocenters. The van der Waals surface area contributed by atoms with Crippen LogP contribution in [0.2, 0.25) is 0 Å². The largest absolute Gasteiger partial charge is 0.463 e. The van der Waals surface area contributed by atoms with E-state index in [2.05, 4.69) is 8.92 Å². The Bertz CT molecular complexity index is 434. The van der Waals surface area contributed by atoms with E-state index in [1.807, 2.05) is 0 Å². The van der Waals surface area contributed by atoms with Gasteiger partial charge >= 0.3 is 16.4 Å². The molecule has 118 valence electrons. The van der Waals surface area contributed by atoms with Gasteiger partial charge in [-0.1, -0.05) is 0 Å². The Morgan fingerprint density at radius 2 is 1.90 bits per heavy atom. The summed E-state index contributed by atoms with van der Waals surface area (Å²) < 4.78 is 48.9. The summed E-state index contributed by atoms with van der Waals surface area (Å²) in [5, 5.41) is 19.4. The monoisotopic (exact) mass is 316 g/mol. The number of carbonyl (C=O) groups is 1. The van der Waals surface area contributed by atoms with Crippen molar-refractivity contribution < 1.29 is 46.4 Å². The molecule has 1 rings (SSSR count). The third-order valence-electron chi connectivity index (χ3n) is 2.56. The topological polar surface area (TPSA) is 149 Å². The lowest BCUT2D eigenvalue weighted by atomic mass is 9.99. The summed E-state index contributed by atoms with van der Waals surface area (Å²) in [6.45, 7) is 0.652. The second-order valence-corrected chi connectivity index (χ2v) is 5.10. The zero-order valence-electron chi connectivity index (χ0n) is 10.7. The molecule has 0 aliphatic carbocycles. The number of aliphatic hydroxyl groups excluding tert-OH is 2. The van der Waals surface area contributed by atoms with Crippen LogP contribution in [-0.4, -0.2) is 73.6 Å². The number of rotatable bonds is 5. The smallest absolute Gasteiger partial charge is 0.397 e. The number of ether oxygens (including phenoxy) is 3. The van der Waals surface area contributed by atoms with Crippen molar-refractivity contribution in [2.75, 3.05) is 13.7 Å². The van der Waals surface area contributed by atoms with Gasteiger partial charge in [0.25, 0.3) is 0 Å². The van der Waals surface area contributed by atoms with E-state index in [0.717, 1.165) is 6.92 Å². The Labute approximate surface area is 115 Å². The Morgan fingerprint density at radius 1 is 1.30 bits per heavy atom. The molecule has 1 saturated heterocycles. The fraction of sp³-hybridized carbons (Fsp3) is 0.889. The van der Waals surface area contributed by atoms with Crippen molar-refractivity contribution in [3.63, 3.8) is 0 Å². The van der Waals surface area contributed by atoms with Gasteiger partial charge in [-0.25, -0.2) is 4.18 Å². The van der Waals surface area contributed by atoms with Crippen LogP contribution >= 0.6 is 0 Å². The highest BCUT2D eigenvalue weighted by atomic mass is 32.3. The van der Waals surface area contributed by atoms with Crippen molar-refractivity contribution in [1.29, 1.82) is 0 Å². The second-order valence-electron chi connectivity index (χ2n) is 4.05. The maximum Gasteiger partial charge on any atom is 0.397 e. The molecule has 1 fully saturated rings. The van der Waals surface area contributed by atoms with Gasteiger partial charge in [0, 0.05) is 14.0 Å². The quantitative estimate of drug-likeness (QED) is 0.378. The minimum absolute atomic E-state index is 0.459. The molecule has 10 nitrogen and oxygen atoms in total. The first-order valence-electron chi connectivity index (χ1n) is 5.49. The van der Waals surface area contributed by atoms with Gasteiger partial charge in [-0.15, -0.1) is 0 Å². The molecule has 0 spiro atoms. The highest BCUT2D eigenvalue weighted by Gasteiger charge is 2.47. The first-order chi connectivity index (χ1) is 9.15. The number of aliphatic hydroxyl groups is 2. The summed E-state index contributed by atoms with van der Waals surface area (Å²) in [6.07, 6.45) is -7.54. The highest BCUT2D eigenvalue weighted by molar-refractivity contribution is 7.80. The van der Waals surface area contributed by atoms with E-state index in [0.29, 0.717) is 0 Å². The van der Waals surface area contributed by atoms with Crippen LogP contribution in [0.1, 0.15) is 6.92 Å². The zero-order valence-corrected chi connectivity index (χ0v) is 11.5. The standard InChI is InChI=1S/C9H16O10S/c1-4(10)17-3-5-8(19-20(13,14)15)6(11)7(12)9(16-2)18-5/h5-9,11-12H,3H2,1-2H3,(H,13,14,15)/t5-,6-,7-,8-,9+/m1/s1. The minimum Gasteiger partial charge on any atom is -0.463 e. The van der Waals surface area contributed by atoms with Crippen LogP contribution in [0.5, 0.6) is 0 Å². The average Bonchev–Trinajstić information content (AvgIpc) is 2.32. The Kier molecular flexibility index (Phi) is 5.82. The third-order valence-corrected chi connectivity index (χ3v) is 3.02. The fourth-order valence-electron chi connectivity index (χ4n) is 1.69. The molecule has 11 heteroatoms. The maximum atomic E-state index is 10.7. The van der Waals surface area contributed by atoms with Gasteiger partial charge < -0.3 is 24.4 Å². The van der Waals surface area contributed by atoms with Crippen molar-refractivity contribution in [1.82, 2.24) is 0 Å². The van der Waals surface area contributed by atoms with Crippen LogP contribution in [0.25, 0.3) is 0 Å². The van der Waals surface area contributed by atoms with Crippen molar-refractivity contribution in [3.8, 4) is 0 Å². The van der Waals surface area contributed by atoms with Gasteiger partial charge in [-0.05, 0) is 0 Å². The average molecular weight is 316 g/mol. The van der Waals surface area contributed by atoms with E-state index in [1.54, 1.807) is 0 Å². The molecule has 0 radical (unpaired) electrons. The third kappa shape index (κ3) is 4.63. The normalized spacial score (nSPS) is 34.8. The van der Waals surface area contributed by atoms with E-state index in [9.17, 15) is 23.4 Å². The van der Waals surface area contributed by atoms with Gasteiger partial charge in [0.2, 0.25) is 0 Å². The lowest BCUT2D eigenvalue weighted by Crippen LogP contribution is -2.60. The number of hydrogen-bond acceptors (Lipinski definition) is 9. The van der Waals surface area contributed by atoms with Gasteiger partial charge in [0.05, 0.1) is 0 Å². The van der Waals surface area contributed by atoms with Gasteiger partial charge in [-0.3, -0.25) is 9.35 Å². The van der Waals surface area contributed by atoms with E-state index >= 15 is 0 Å². The molecule has 0 aromatic carbocycles. The number of methoxy groups -OCH3 is 1. The van der Waals surface area contributed by atoms with E-state index in [1.165, 1.54) is 7.11 Å². The first-order valence-corrected chi connectivity index (χ1v) is 6.85. The summed E-state index contributed by atoms with van der Waals surface area (Å²) in [6, 6.07) is 0.